The Bertz CT molecular complexity index is 878. The number of anilines is 1. The Morgan fingerprint density at radius 1 is 1.10 bits per heavy atom. The zero-order chi connectivity index (χ0) is 21.4. The van der Waals surface area contributed by atoms with Crippen LogP contribution in [0.1, 0.15) is 12.0 Å². The average Bonchev–Trinajstić information content (AvgIpc) is 2.66. The third-order valence-corrected chi connectivity index (χ3v) is 4.58. The van der Waals surface area contributed by atoms with E-state index in [1.165, 1.54) is 18.2 Å². The number of thiocarbonyl (C=S) groups is 1. The van der Waals surface area contributed by atoms with Crippen molar-refractivity contribution in [3.05, 3.63) is 70.3 Å². The van der Waals surface area contributed by atoms with Crippen LogP contribution in [0.4, 0.5) is 11.4 Å². The normalized spacial score (nSPS) is 12.0. The fourth-order valence-electron chi connectivity index (χ4n) is 2.33. The largest absolute Gasteiger partial charge is 0.339 e. The Morgan fingerprint density at radius 3 is 2.41 bits per heavy atom. The smallest absolute Gasteiger partial charge is 0.271 e. The summed E-state index contributed by atoms with van der Waals surface area (Å²) in [4.78, 5) is 22.6. The highest BCUT2D eigenvalue weighted by Gasteiger charge is 2.34. The monoisotopic (exact) mass is 474 g/mol. The minimum absolute atomic E-state index is 0.0187. The molecule has 0 saturated carbocycles. The van der Waals surface area contributed by atoms with E-state index in [4.69, 9.17) is 47.0 Å². The van der Waals surface area contributed by atoms with E-state index >= 15 is 0 Å². The van der Waals surface area contributed by atoms with Crippen molar-refractivity contribution < 1.29 is 9.72 Å². The predicted octanol–water partition coefficient (Wildman–Crippen LogP) is 4.33. The van der Waals surface area contributed by atoms with Gasteiger partial charge < -0.3 is 16.0 Å². The van der Waals surface area contributed by atoms with Gasteiger partial charge in [0.05, 0.1) is 4.92 Å². The average molecular weight is 476 g/mol. The molecule has 154 valence electrons. The van der Waals surface area contributed by atoms with Gasteiger partial charge in [-0.15, -0.1) is 0 Å². The zero-order valence-electron chi connectivity index (χ0n) is 14.9. The molecule has 7 nitrogen and oxygen atoms in total. The second-order valence-electron chi connectivity index (χ2n) is 5.93. The molecular weight excluding hydrogens is 459 g/mol. The van der Waals surface area contributed by atoms with Crippen LogP contribution in [-0.2, 0) is 11.2 Å². The van der Waals surface area contributed by atoms with E-state index in [2.05, 4.69) is 16.0 Å². The van der Waals surface area contributed by atoms with Gasteiger partial charge in [-0.25, -0.2) is 0 Å². The lowest BCUT2D eigenvalue weighted by atomic mass is 10.1. The van der Waals surface area contributed by atoms with Gasteiger partial charge in [-0.1, -0.05) is 71.2 Å². The molecule has 0 aliphatic carbocycles. The molecule has 2 aromatic carbocycles. The topological polar surface area (TPSA) is 96.3 Å². The van der Waals surface area contributed by atoms with Crippen molar-refractivity contribution in [3.63, 3.8) is 0 Å². The Morgan fingerprint density at radius 2 is 1.79 bits per heavy atom. The van der Waals surface area contributed by atoms with Crippen molar-refractivity contribution in [2.24, 2.45) is 0 Å². The fourth-order valence-corrected chi connectivity index (χ4v) is 2.89. The number of aryl methyl sites for hydroxylation is 1. The number of nitrogens with one attached hydrogen (secondary N) is 3. The van der Waals surface area contributed by atoms with Crippen LogP contribution >= 0.6 is 47.0 Å². The van der Waals surface area contributed by atoms with Gasteiger partial charge >= 0.3 is 0 Å². The molecule has 1 unspecified atom stereocenters. The standard InChI is InChI=1S/C18H17Cl3N4O3S/c19-18(20,21)16(23-15(26)10-9-12-5-2-1-3-6-12)24-17(29)22-13-7-4-8-14(11-13)25(27)28/h1-8,11,16H,9-10H2,(H,23,26)(H2,22,24,29). The number of non-ortho nitro benzene ring substituents is 1. The van der Waals surface area contributed by atoms with Gasteiger partial charge in [0.15, 0.2) is 5.11 Å². The molecule has 0 bridgehead atoms. The molecule has 0 saturated heterocycles. The fraction of sp³-hybridized carbons (Fsp3) is 0.222. The summed E-state index contributed by atoms with van der Waals surface area (Å²) >= 11 is 23.0. The summed E-state index contributed by atoms with van der Waals surface area (Å²) in [5, 5.41) is 18.9. The SMILES string of the molecule is O=C(CCc1ccccc1)NC(NC(=S)Nc1cccc([N+](=O)[O-])c1)C(Cl)(Cl)Cl. The molecule has 2 rings (SSSR count). The minimum Gasteiger partial charge on any atom is -0.339 e. The van der Waals surface area contributed by atoms with E-state index < -0.39 is 14.9 Å². The van der Waals surface area contributed by atoms with Gasteiger partial charge in [0, 0.05) is 24.2 Å². The van der Waals surface area contributed by atoms with E-state index in [1.54, 1.807) is 6.07 Å². The first-order chi connectivity index (χ1) is 13.6. The molecule has 0 aromatic heterocycles. The van der Waals surface area contributed by atoms with E-state index in [1.807, 2.05) is 30.3 Å². The first kappa shape index (κ1) is 23.2. The maximum absolute atomic E-state index is 12.3. The van der Waals surface area contributed by atoms with Crippen molar-refractivity contribution >= 4 is 69.4 Å². The van der Waals surface area contributed by atoms with E-state index in [0.29, 0.717) is 12.1 Å². The van der Waals surface area contributed by atoms with Crippen molar-refractivity contribution in [3.8, 4) is 0 Å². The van der Waals surface area contributed by atoms with Crippen molar-refractivity contribution in [2.75, 3.05) is 5.32 Å². The number of benzene rings is 2. The molecule has 3 N–H and O–H groups in total. The van der Waals surface area contributed by atoms with Crippen LogP contribution in [0, 0.1) is 10.1 Å². The highest BCUT2D eigenvalue weighted by atomic mass is 35.6. The maximum atomic E-state index is 12.3. The number of nitro groups is 1. The quantitative estimate of drug-likeness (QED) is 0.181. The summed E-state index contributed by atoms with van der Waals surface area (Å²) in [7, 11) is 0. The number of hydrogen-bond acceptors (Lipinski definition) is 4. The number of amides is 1. The molecule has 0 fully saturated rings. The molecule has 0 spiro atoms. The summed E-state index contributed by atoms with van der Waals surface area (Å²) in [6.45, 7) is 0. The number of carbonyl (C=O) groups excluding carboxylic acids is 1. The van der Waals surface area contributed by atoms with Crippen molar-refractivity contribution in [1.29, 1.82) is 0 Å². The molecule has 1 atom stereocenters. The molecule has 0 heterocycles. The van der Waals surface area contributed by atoms with Gasteiger partial charge in [0.2, 0.25) is 9.70 Å². The van der Waals surface area contributed by atoms with Crippen LogP contribution in [0.2, 0.25) is 0 Å². The first-order valence-corrected chi connectivity index (χ1v) is 9.91. The number of nitro benzene ring substituents is 1. The van der Waals surface area contributed by atoms with Crippen LogP contribution in [0.5, 0.6) is 0 Å². The summed E-state index contributed by atoms with van der Waals surface area (Å²) in [6.07, 6.45) is -0.404. The van der Waals surface area contributed by atoms with Gasteiger partial charge in [-0.3, -0.25) is 14.9 Å². The van der Waals surface area contributed by atoms with Crippen LogP contribution in [-0.4, -0.2) is 25.9 Å². The first-order valence-electron chi connectivity index (χ1n) is 8.37. The Labute approximate surface area is 187 Å². The summed E-state index contributed by atoms with van der Waals surface area (Å²) < 4.78 is -1.89. The zero-order valence-corrected chi connectivity index (χ0v) is 18.0. The summed E-state index contributed by atoms with van der Waals surface area (Å²) in [6, 6.07) is 15.2. The molecule has 11 heteroatoms. The second kappa shape index (κ2) is 10.6. The third-order valence-electron chi connectivity index (χ3n) is 3.71. The van der Waals surface area contributed by atoms with E-state index in [9.17, 15) is 14.9 Å². The summed E-state index contributed by atoms with van der Waals surface area (Å²) in [5.74, 6) is -0.337. The molecule has 1 amide bonds. The van der Waals surface area contributed by atoms with Gasteiger partial charge in [0.1, 0.15) is 6.17 Å². The number of carbonyl (C=O) groups is 1. The van der Waals surface area contributed by atoms with Crippen LogP contribution < -0.4 is 16.0 Å². The molecule has 0 aliphatic heterocycles. The van der Waals surface area contributed by atoms with Crippen molar-refractivity contribution in [2.45, 2.75) is 22.8 Å². The lowest BCUT2D eigenvalue weighted by molar-refractivity contribution is -0.384. The predicted molar refractivity (Wildman–Crippen MR) is 119 cm³/mol. The Balaban J connectivity index is 1.95. The number of halogens is 3. The number of alkyl halides is 3. The van der Waals surface area contributed by atoms with Crippen molar-refractivity contribution in [1.82, 2.24) is 10.6 Å². The third kappa shape index (κ3) is 8.02. The molecule has 29 heavy (non-hydrogen) atoms. The molecule has 2 aromatic rings. The highest BCUT2D eigenvalue weighted by Crippen LogP contribution is 2.29. The lowest BCUT2D eigenvalue weighted by Gasteiger charge is -2.27. The van der Waals surface area contributed by atoms with Crippen LogP contribution in [0.15, 0.2) is 54.6 Å². The highest BCUT2D eigenvalue weighted by molar-refractivity contribution is 7.80. The second-order valence-corrected chi connectivity index (χ2v) is 8.71. The number of rotatable bonds is 7. The lowest BCUT2D eigenvalue weighted by Crippen LogP contribution is -2.56. The Hall–Kier alpha value is -2.13. The van der Waals surface area contributed by atoms with E-state index in [0.717, 1.165) is 5.56 Å². The maximum Gasteiger partial charge on any atom is 0.271 e. The number of nitrogens with zero attached hydrogens (tertiary/aromatic N) is 1. The number of hydrogen-bond donors (Lipinski definition) is 3. The van der Waals surface area contributed by atoms with Gasteiger partial charge in [-0.2, -0.15) is 0 Å². The van der Waals surface area contributed by atoms with Gasteiger partial charge in [-0.05, 0) is 30.3 Å². The van der Waals surface area contributed by atoms with Crippen LogP contribution in [0.3, 0.4) is 0 Å². The Kier molecular flexibility index (Phi) is 8.45. The molecule has 0 radical (unpaired) electrons. The van der Waals surface area contributed by atoms with Gasteiger partial charge in [0.25, 0.3) is 5.69 Å². The van der Waals surface area contributed by atoms with Crippen LogP contribution in [0.25, 0.3) is 0 Å². The minimum atomic E-state index is -1.89. The molecule has 0 aliphatic rings. The summed E-state index contributed by atoms with van der Waals surface area (Å²) in [5.41, 5.74) is 1.27. The van der Waals surface area contributed by atoms with E-state index in [-0.39, 0.29) is 23.1 Å². The molecular formula is C18H17Cl3N4O3S.